The number of hydrogen-bond acceptors (Lipinski definition) is 3. The molecule has 0 fully saturated rings. The Morgan fingerprint density at radius 3 is 2.75 bits per heavy atom. The first-order chi connectivity index (χ1) is 9.74. The average Bonchev–Trinajstić information content (AvgIpc) is 2.49. The number of fused-ring (bicyclic) bond motifs is 1. The molecule has 0 radical (unpaired) electrons. The molecule has 0 spiro atoms. The highest BCUT2D eigenvalue weighted by atomic mass is 32.2. The Labute approximate surface area is 123 Å². The fourth-order valence-corrected chi connectivity index (χ4v) is 2.77. The topological polar surface area (TPSA) is 24.7 Å². The summed E-state index contributed by atoms with van der Waals surface area (Å²) >= 11 is 1.52. The summed E-state index contributed by atoms with van der Waals surface area (Å²) in [6.07, 6.45) is 6.85. The minimum absolute atomic E-state index is 0.767. The number of nitrogens with zero attached hydrogens (tertiary/aromatic N) is 2. The summed E-state index contributed by atoms with van der Waals surface area (Å²) in [5, 5.41) is 3.21. The first kappa shape index (κ1) is 14.3. The van der Waals surface area contributed by atoms with E-state index in [1.807, 2.05) is 18.3 Å². The Balaban J connectivity index is 2.64. The number of benzene rings is 1. The Kier molecular flexibility index (Phi) is 4.94. The highest BCUT2D eigenvalue weighted by Gasteiger charge is 2.07. The van der Waals surface area contributed by atoms with Crippen LogP contribution in [0.3, 0.4) is 0 Å². The molecule has 0 amide bonds. The van der Waals surface area contributed by atoms with Crippen LogP contribution < -0.4 is 10.4 Å². The summed E-state index contributed by atoms with van der Waals surface area (Å²) in [5.41, 5.74) is 1.04. The summed E-state index contributed by atoms with van der Waals surface area (Å²) in [7, 11) is 1.76. The van der Waals surface area contributed by atoms with E-state index in [2.05, 4.69) is 53.3 Å². The van der Waals surface area contributed by atoms with Gasteiger partial charge in [0, 0.05) is 23.7 Å². The third-order valence-corrected chi connectivity index (χ3v) is 3.75. The molecule has 0 aliphatic carbocycles. The van der Waals surface area contributed by atoms with E-state index >= 15 is 0 Å². The van der Waals surface area contributed by atoms with Gasteiger partial charge in [0.2, 0.25) is 0 Å². The van der Waals surface area contributed by atoms with Gasteiger partial charge in [0.1, 0.15) is 5.03 Å². The van der Waals surface area contributed by atoms with E-state index in [1.165, 1.54) is 22.2 Å². The van der Waals surface area contributed by atoms with Crippen LogP contribution in [-0.4, -0.2) is 19.1 Å². The molecule has 100 valence electrons. The van der Waals surface area contributed by atoms with Crippen molar-refractivity contribution in [2.24, 2.45) is 9.98 Å². The van der Waals surface area contributed by atoms with Crippen LogP contribution in [0.2, 0.25) is 0 Å². The number of aliphatic imine (C=N–C) groups is 2. The molecular weight excluding hydrogens is 264 g/mol. The van der Waals surface area contributed by atoms with Gasteiger partial charge in [0.25, 0.3) is 0 Å². The molecule has 0 saturated heterocycles. The molecule has 0 saturated carbocycles. The SMILES string of the molecule is C=C=N/C1=C(\C=N/C)C/C=c2/cccc/c2=C/C(=C)S1. The van der Waals surface area contributed by atoms with Gasteiger partial charge in [0.05, 0.1) is 0 Å². The van der Waals surface area contributed by atoms with E-state index < -0.39 is 0 Å². The van der Waals surface area contributed by atoms with Gasteiger partial charge in [-0.25, -0.2) is 0 Å². The van der Waals surface area contributed by atoms with Gasteiger partial charge in [-0.15, -0.1) is 0 Å². The van der Waals surface area contributed by atoms with E-state index in [0.29, 0.717) is 0 Å². The molecule has 1 aromatic rings. The Morgan fingerprint density at radius 2 is 2.05 bits per heavy atom. The molecule has 0 unspecified atom stereocenters. The van der Waals surface area contributed by atoms with E-state index in [4.69, 9.17) is 0 Å². The lowest BCUT2D eigenvalue weighted by Gasteiger charge is -2.04. The van der Waals surface area contributed by atoms with Crippen molar-refractivity contribution in [2.75, 3.05) is 7.05 Å². The molecule has 20 heavy (non-hydrogen) atoms. The van der Waals surface area contributed by atoms with E-state index in [0.717, 1.165) is 21.9 Å². The Morgan fingerprint density at radius 1 is 1.30 bits per heavy atom. The molecule has 1 aliphatic heterocycles. The van der Waals surface area contributed by atoms with Gasteiger partial charge in [-0.05, 0) is 35.4 Å². The second-order valence-corrected chi connectivity index (χ2v) is 5.35. The monoisotopic (exact) mass is 280 g/mol. The van der Waals surface area contributed by atoms with Gasteiger partial charge in [-0.2, -0.15) is 4.99 Å². The first-order valence-electron chi connectivity index (χ1n) is 6.26. The van der Waals surface area contributed by atoms with Crippen LogP contribution in [0.25, 0.3) is 12.2 Å². The van der Waals surface area contributed by atoms with Crippen molar-refractivity contribution in [1.29, 1.82) is 0 Å². The highest BCUT2D eigenvalue weighted by Crippen LogP contribution is 2.29. The largest absolute Gasteiger partial charge is 0.296 e. The molecule has 2 rings (SSSR count). The molecule has 2 nitrogen and oxygen atoms in total. The standard InChI is InChI=1S/C17H16N2S/c1-4-19-17-16(12-18-3)10-9-14-7-5-6-8-15(14)11-13(2)20-17/h5-9,11-12H,1-2,10H2,3H3/b14-9-,15-11-,17-16+,18-12-. The minimum atomic E-state index is 0.767. The summed E-state index contributed by atoms with van der Waals surface area (Å²) in [4.78, 5) is 9.28. The summed E-state index contributed by atoms with van der Waals surface area (Å²) < 4.78 is 0. The number of hydrogen-bond donors (Lipinski definition) is 0. The molecule has 0 aromatic heterocycles. The van der Waals surface area contributed by atoms with Crippen LogP contribution in [-0.2, 0) is 0 Å². The van der Waals surface area contributed by atoms with Crippen LogP contribution in [0.4, 0.5) is 0 Å². The van der Waals surface area contributed by atoms with Crippen molar-refractivity contribution >= 4 is 36.0 Å². The average molecular weight is 280 g/mol. The maximum absolute atomic E-state index is 4.23. The van der Waals surface area contributed by atoms with Crippen LogP contribution >= 0.6 is 11.8 Å². The number of allylic oxidation sites excluding steroid dienone is 2. The second-order valence-electron chi connectivity index (χ2n) is 4.24. The molecule has 1 heterocycles. The molecule has 1 aliphatic rings. The smallest absolute Gasteiger partial charge is 0.116 e. The third-order valence-electron chi connectivity index (χ3n) is 2.82. The molecular formula is C17H16N2S. The van der Waals surface area contributed by atoms with Crippen molar-refractivity contribution in [1.82, 2.24) is 0 Å². The maximum atomic E-state index is 4.23. The van der Waals surface area contributed by atoms with E-state index in [9.17, 15) is 0 Å². The highest BCUT2D eigenvalue weighted by molar-refractivity contribution is 8.07. The van der Waals surface area contributed by atoms with Gasteiger partial charge in [-0.1, -0.05) is 48.7 Å². The molecule has 3 heteroatoms. The van der Waals surface area contributed by atoms with Crippen molar-refractivity contribution in [3.05, 3.63) is 63.4 Å². The fraction of sp³-hybridized carbons (Fsp3) is 0.118. The van der Waals surface area contributed by atoms with Crippen LogP contribution in [0, 0.1) is 0 Å². The summed E-state index contributed by atoms with van der Waals surface area (Å²) in [5.74, 6) is 2.60. The van der Waals surface area contributed by atoms with Crippen molar-refractivity contribution in [2.45, 2.75) is 6.42 Å². The predicted molar refractivity (Wildman–Crippen MR) is 90.5 cm³/mol. The Hall–Kier alpha value is -2.09. The van der Waals surface area contributed by atoms with Crippen LogP contribution in [0.5, 0.6) is 0 Å². The third kappa shape index (κ3) is 3.47. The van der Waals surface area contributed by atoms with Crippen LogP contribution in [0.1, 0.15) is 6.42 Å². The second kappa shape index (κ2) is 6.90. The molecule has 0 bridgehead atoms. The zero-order valence-electron chi connectivity index (χ0n) is 11.5. The van der Waals surface area contributed by atoms with Gasteiger partial charge >= 0.3 is 0 Å². The van der Waals surface area contributed by atoms with Crippen molar-refractivity contribution in [3.8, 4) is 0 Å². The summed E-state index contributed by atoms with van der Waals surface area (Å²) in [6, 6.07) is 8.26. The maximum Gasteiger partial charge on any atom is 0.116 e. The number of rotatable bonds is 2. The molecule has 1 aromatic carbocycles. The Bertz CT molecular complexity index is 747. The first-order valence-corrected chi connectivity index (χ1v) is 7.08. The fourth-order valence-electron chi connectivity index (χ4n) is 1.96. The van der Waals surface area contributed by atoms with E-state index in [1.54, 1.807) is 7.05 Å². The lowest BCUT2D eigenvalue weighted by molar-refractivity contribution is 1.32. The zero-order valence-corrected chi connectivity index (χ0v) is 12.3. The normalized spacial score (nSPS) is 22.4. The quantitative estimate of drug-likeness (QED) is 0.764. The van der Waals surface area contributed by atoms with E-state index in [-0.39, 0.29) is 0 Å². The number of thioether (sulfide) groups is 1. The van der Waals surface area contributed by atoms with Gasteiger partial charge < -0.3 is 0 Å². The van der Waals surface area contributed by atoms with Crippen LogP contribution in [0.15, 0.2) is 62.9 Å². The lowest BCUT2D eigenvalue weighted by atomic mass is 10.1. The molecule has 0 N–H and O–H groups in total. The zero-order chi connectivity index (χ0) is 14.4. The van der Waals surface area contributed by atoms with Gasteiger partial charge in [-0.3, -0.25) is 4.99 Å². The predicted octanol–water partition coefficient (Wildman–Crippen LogP) is 2.67. The van der Waals surface area contributed by atoms with Crippen molar-refractivity contribution < 1.29 is 0 Å². The minimum Gasteiger partial charge on any atom is -0.296 e. The molecule has 0 atom stereocenters. The summed E-state index contributed by atoms with van der Waals surface area (Å²) in [6.45, 7) is 7.65. The van der Waals surface area contributed by atoms with Gasteiger partial charge in [0.15, 0.2) is 0 Å². The lowest BCUT2D eigenvalue weighted by Crippen LogP contribution is -2.23. The van der Waals surface area contributed by atoms with Crippen molar-refractivity contribution in [3.63, 3.8) is 0 Å².